The van der Waals surface area contributed by atoms with Gasteiger partial charge in [0.2, 0.25) is 0 Å². The number of nitrogens with one attached hydrogen (secondary N) is 1. The van der Waals surface area contributed by atoms with E-state index >= 15 is 0 Å². The summed E-state index contributed by atoms with van der Waals surface area (Å²) in [5, 5.41) is 1.99. The first kappa shape index (κ1) is 19.5. The van der Waals surface area contributed by atoms with Crippen LogP contribution in [0.4, 0.5) is 0 Å². The Balaban J connectivity index is 1.69. The zero-order valence-electron chi connectivity index (χ0n) is 15.3. The fourth-order valence-electron chi connectivity index (χ4n) is 2.64. The number of hydrogen-bond acceptors (Lipinski definition) is 6. The minimum absolute atomic E-state index is 0.0649. The molecular weight excluding hydrogens is 382 g/mol. The number of amides is 1. The summed E-state index contributed by atoms with van der Waals surface area (Å²) < 4.78 is 42.5. The molecular formula is C20H19NO6S. The summed E-state index contributed by atoms with van der Waals surface area (Å²) >= 11 is 0. The molecule has 0 aliphatic heterocycles. The number of fused-ring (bicyclic) bond motifs is 1. The van der Waals surface area contributed by atoms with E-state index in [1.54, 1.807) is 12.1 Å². The highest BCUT2D eigenvalue weighted by molar-refractivity contribution is 7.90. The number of hydrogen-bond donors (Lipinski definition) is 1. The number of benzene rings is 3. The van der Waals surface area contributed by atoms with Crippen molar-refractivity contribution in [1.82, 2.24) is 4.72 Å². The van der Waals surface area contributed by atoms with Gasteiger partial charge in [-0.3, -0.25) is 4.79 Å². The predicted molar refractivity (Wildman–Crippen MR) is 104 cm³/mol. The van der Waals surface area contributed by atoms with E-state index in [0.29, 0.717) is 11.5 Å². The summed E-state index contributed by atoms with van der Waals surface area (Å²) in [7, 11) is -1.34. The Bertz CT molecular complexity index is 1110. The van der Waals surface area contributed by atoms with Crippen LogP contribution in [0.25, 0.3) is 10.8 Å². The van der Waals surface area contributed by atoms with Crippen LogP contribution in [-0.2, 0) is 14.8 Å². The molecule has 1 N–H and O–H groups in total. The van der Waals surface area contributed by atoms with Gasteiger partial charge in [0.25, 0.3) is 15.9 Å². The summed E-state index contributed by atoms with van der Waals surface area (Å²) in [6, 6.07) is 17.3. The molecule has 0 bridgehead atoms. The molecule has 0 saturated heterocycles. The monoisotopic (exact) mass is 401 g/mol. The molecule has 28 heavy (non-hydrogen) atoms. The molecule has 0 atom stereocenters. The Kier molecular flexibility index (Phi) is 5.70. The molecule has 0 aliphatic rings. The number of carbonyl (C=O) groups is 1. The lowest BCUT2D eigenvalue weighted by Crippen LogP contribution is -2.34. The average Bonchev–Trinajstić information content (AvgIpc) is 2.71. The average molecular weight is 401 g/mol. The molecule has 0 heterocycles. The highest BCUT2D eigenvalue weighted by Crippen LogP contribution is 2.28. The Hall–Kier alpha value is -3.26. The number of ether oxygens (including phenoxy) is 3. The Morgan fingerprint density at radius 2 is 1.61 bits per heavy atom. The van der Waals surface area contributed by atoms with Crippen molar-refractivity contribution in [2.24, 2.45) is 0 Å². The summed E-state index contributed by atoms with van der Waals surface area (Å²) in [5.41, 5.74) is 0. The van der Waals surface area contributed by atoms with Gasteiger partial charge in [-0.2, -0.15) is 0 Å². The van der Waals surface area contributed by atoms with Gasteiger partial charge in [-0.15, -0.1) is 0 Å². The number of rotatable bonds is 7. The van der Waals surface area contributed by atoms with Crippen LogP contribution < -0.4 is 18.9 Å². The van der Waals surface area contributed by atoms with Gasteiger partial charge in [0.05, 0.1) is 14.2 Å². The van der Waals surface area contributed by atoms with Gasteiger partial charge in [-0.05, 0) is 35.0 Å². The van der Waals surface area contributed by atoms with E-state index in [1.807, 2.05) is 35.1 Å². The van der Waals surface area contributed by atoms with E-state index < -0.39 is 22.5 Å². The topological polar surface area (TPSA) is 90.9 Å². The molecule has 0 aliphatic carbocycles. The molecule has 1 amide bonds. The summed E-state index contributed by atoms with van der Waals surface area (Å²) in [6.07, 6.45) is 0. The minimum atomic E-state index is -4.13. The van der Waals surface area contributed by atoms with Crippen LogP contribution in [0.15, 0.2) is 65.6 Å². The van der Waals surface area contributed by atoms with E-state index in [4.69, 9.17) is 14.2 Å². The lowest BCUT2D eigenvalue weighted by Gasteiger charge is -2.12. The Labute approximate surface area is 162 Å². The van der Waals surface area contributed by atoms with Crippen LogP contribution in [0.1, 0.15) is 0 Å². The maximum Gasteiger partial charge on any atom is 0.271 e. The molecule has 3 rings (SSSR count). The van der Waals surface area contributed by atoms with Crippen LogP contribution in [-0.4, -0.2) is 35.2 Å². The first-order valence-corrected chi connectivity index (χ1v) is 9.80. The first-order valence-electron chi connectivity index (χ1n) is 8.32. The van der Waals surface area contributed by atoms with Gasteiger partial charge in [0, 0.05) is 6.07 Å². The normalized spacial score (nSPS) is 11.1. The van der Waals surface area contributed by atoms with E-state index in [1.165, 1.54) is 32.4 Å². The van der Waals surface area contributed by atoms with Crippen molar-refractivity contribution in [2.75, 3.05) is 20.8 Å². The highest BCUT2D eigenvalue weighted by Gasteiger charge is 2.23. The third-order valence-electron chi connectivity index (χ3n) is 4.00. The summed E-state index contributed by atoms with van der Waals surface area (Å²) in [4.78, 5) is 11.9. The third kappa shape index (κ3) is 4.34. The molecule has 8 heteroatoms. The molecule has 0 aromatic heterocycles. The second-order valence-corrected chi connectivity index (χ2v) is 7.49. The second-order valence-electron chi connectivity index (χ2n) is 5.84. The Morgan fingerprint density at radius 3 is 2.32 bits per heavy atom. The lowest BCUT2D eigenvalue weighted by atomic mass is 10.1. The Morgan fingerprint density at radius 1 is 0.893 bits per heavy atom. The van der Waals surface area contributed by atoms with Gasteiger partial charge in [0.15, 0.2) is 6.61 Å². The van der Waals surface area contributed by atoms with E-state index in [9.17, 15) is 13.2 Å². The maximum absolute atomic E-state index is 12.5. The summed E-state index contributed by atoms with van der Waals surface area (Å²) in [5.74, 6) is 0.163. The van der Waals surface area contributed by atoms with Crippen LogP contribution in [0.2, 0.25) is 0 Å². The minimum Gasteiger partial charge on any atom is -0.497 e. The zero-order valence-corrected chi connectivity index (χ0v) is 16.2. The SMILES string of the molecule is COc1ccc(S(=O)(=O)NC(=O)COc2ccc3ccccc3c2)c(OC)c1. The molecule has 0 unspecified atom stereocenters. The van der Waals surface area contributed by atoms with Gasteiger partial charge in [0.1, 0.15) is 22.1 Å². The zero-order chi connectivity index (χ0) is 20.1. The molecule has 3 aromatic carbocycles. The summed E-state index contributed by atoms with van der Waals surface area (Å²) in [6.45, 7) is -0.448. The van der Waals surface area contributed by atoms with Crippen molar-refractivity contribution in [3.05, 3.63) is 60.7 Å². The van der Waals surface area contributed by atoms with Crippen molar-refractivity contribution in [3.8, 4) is 17.2 Å². The standard InChI is InChI=1S/C20H19NO6S/c1-25-16-9-10-19(18(12-16)26-2)28(23,24)21-20(22)13-27-17-8-7-14-5-3-4-6-15(14)11-17/h3-12H,13H2,1-2H3,(H,21,22). The quantitative estimate of drug-likeness (QED) is 0.655. The van der Waals surface area contributed by atoms with Crippen LogP contribution in [0.3, 0.4) is 0 Å². The van der Waals surface area contributed by atoms with Crippen molar-refractivity contribution in [2.45, 2.75) is 4.90 Å². The van der Waals surface area contributed by atoms with Gasteiger partial charge < -0.3 is 14.2 Å². The van der Waals surface area contributed by atoms with E-state index in [-0.39, 0.29) is 10.6 Å². The molecule has 0 fully saturated rings. The van der Waals surface area contributed by atoms with Crippen molar-refractivity contribution in [3.63, 3.8) is 0 Å². The third-order valence-corrected chi connectivity index (χ3v) is 5.41. The van der Waals surface area contributed by atoms with Gasteiger partial charge in [-0.1, -0.05) is 30.3 Å². The molecule has 0 saturated carbocycles. The fraction of sp³-hybridized carbons (Fsp3) is 0.150. The largest absolute Gasteiger partial charge is 0.497 e. The van der Waals surface area contributed by atoms with Crippen LogP contribution >= 0.6 is 0 Å². The van der Waals surface area contributed by atoms with Gasteiger partial charge >= 0.3 is 0 Å². The van der Waals surface area contributed by atoms with Crippen molar-refractivity contribution >= 4 is 26.7 Å². The number of carbonyl (C=O) groups excluding carboxylic acids is 1. The maximum atomic E-state index is 12.5. The first-order chi connectivity index (χ1) is 13.4. The fourth-order valence-corrected chi connectivity index (χ4v) is 3.76. The van der Waals surface area contributed by atoms with Crippen LogP contribution in [0, 0.1) is 0 Å². The number of sulfonamides is 1. The highest BCUT2D eigenvalue weighted by atomic mass is 32.2. The van der Waals surface area contributed by atoms with E-state index in [2.05, 4.69) is 0 Å². The smallest absolute Gasteiger partial charge is 0.271 e. The molecule has 3 aromatic rings. The van der Waals surface area contributed by atoms with Crippen molar-refractivity contribution < 1.29 is 27.4 Å². The molecule has 0 radical (unpaired) electrons. The molecule has 146 valence electrons. The second kappa shape index (κ2) is 8.18. The van der Waals surface area contributed by atoms with E-state index in [0.717, 1.165) is 10.8 Å². The van der Waals surface area contributed by atoms with Crippen LogP contribution in [0.5, 0.6) is 17.2 Å². The molecule has 0 spiro atoms. The van der Waals surface area contributed by atoms with Gasteiger partial charge in [-0.25, -0.2) is 13.1 Å². The number of methoxy groups -OCH3 is 2. The predicted octanol–water partition coefficient (Wildman–Crippen LogP) is 2.74. The lowest BCUT2D eigenvalue weighted by molar-refractivity contribution is -0.121. The van der Waals surface area contributed by atoms with Crippen molar-refractivity contribution in [1.29, 1.82) is 0 Å². The molecule has 7 nitrogen and oxygen atoms in total.